The number of aliphatic imine (C=N–C) groups is 1. The van der Waals surface area contributed by atoms with Crippen LogP contribution in [-0.4, -0.2) is 84.9 Å². The highest BCUT2D eigenvalue weighted by Crippen LogP contribution is 2.19. The van der Waals surface area contributed by atoms with E-state index in [0.29, 0.717) is 25.5 Å². The quantitative estimate of drug-likeness (QED) is 0.202. The Kier molecular flexibility index (Phi) is 23.4. The molecule has 9 nitrogen and oxygen atoms in total. The summed E-state index contributed by atoms with van der Waals surface area (Å²) >= 11 is 5.41. The van der Waals surface area contributed by atoms with Crippen molar-refractivity contribution in [1.29, 1.82) is 0 Å². The van der Waals surface area contributed by atoms with Crippen molar-refractivity contribution >= 4 is 23.3 Å². The predicted molar refractivity (Wildman–Crippen MR) is 187 cm³/mol. The minimum Gasteiger partial charge on any atom is -0.491 e. The number of likely N-dealkylation sites (tertiary alicyclic amines) is 1. The molecule has 1 aromatic heterocycles. The van der Waals surface area contributed by atoms with Crippen LogP contribution in [0.25, 0.3) is 0 Å². The van der Waals surface area contributed by atoms with Crippen molar-refractivity contribution in [2.75, 3.05) is 53.4 Å². The zero-order valence-electron chi connectivity index (χ0n) is 28.8. The van der Waals surface area contributed by atoms with Crippen LogP contribution in [0.3, 0.4) is 0 Å². The van der Waals surface area contributed by atoms with Gasteiger partial charge in [0.2, 0.25) is 5.91 Å². The van der Waals surface area contributed by atoms with Gasteiger partial charge in [0, 0.05) is 50.2 Å². The number of nitrogens with zero attached hydrogens (tertiary/aromatic N) is 5. The van der Waals surface area contributed by atoms with Crippen molar-refractivity contribution in [3.63, 3.8) is 0 Å². The normalized spacial score (nSPS) is 16.4. The molecule has 0 spiro atoms. The summed E-state index contributed by atoms with van der Waals surface area (Å²) in [7, 11) is 3.96. The number of allylic oxidation sites excluding steroid dienone is 3. The van der Waals surface area contributed by atoms with Crippen LogP contribution in [0.4, 0.5) is 0 Å². The van der Waals surface area contributed by atoms with Gasteiger partial charge < -0.3 is 25.3 Å². The number of pyridine rings is 1. The molecule has 3 heterocycles. The lowest BCUT2D eigenvalue weighted by atomic mass is 10.1. The fourth-order valence-electron chi connectivity index (χ4n) is 4.35. The Balaban J connectivity index is 0.000000961. The SMILES string of the molecule is C/C(=C/Cl)OCc1ccccn1.C=C/C(=C\C)N=C1NN(C)CC(N(C)CC(=O)NCCN2CCCC2)=C1CC.CC.CC. The number of amidine groups is 1. The Morgan fingerprint density at radius 3 is 2.48 bits per heavy atom. The number of carbonyl (C=O) groups excluding carboxylic acids is 1. The van der Waals surface area contributed by atoms with Gasteiger partial charge in [0.15, 0.2) is 0 Å². The average molecular weight is 632 g/mol. The monoisotopic (exact) mass is 631 g/mol. The van der Waals surface area contributed by atoms with Crippen LogP contribution >= 0.6 is 11.6 Å². The average Bonchev–Trinajstić information content (AvgIpc) is 3.58. The zero-order chi connectivity index (χ0) is 33.3. The maximum absolute atomic E-state index is 12.4. The van der Waals surface area contributed by atoms with E-state index in [-0.39, 0.29) is 5.91 Å². The third-order valence-electron chi connectivity index (χ3n) is 6.54. The van der Waals surface area contributed by atoms with Gasteiger partial charge in [-0.25, -0.2) is 10.0 Å². The Labute approximate surface area is 272 Å². The Morgan fingerprint density at radius 2 is 1.93 bits per heavy atom. The minimum atomic E-state index is 0.0598. The largest absolute Gasteiger partial charge is 0.491 e. The number of aromatic nitrogens is 1. The standard InChI is InChI=1S/C21H36N6O.C9H10ClNO.2C2H6/c1-6-17(7-2)23-21-18(8-3)19(15-26(5)24-21)25(4)16-20(28)22-11-14-27-12-9-10-13-27;1-8(6-10)12-7-9-4-2-3-5-11-9;2*1-2/h6-7H,1,8-16H2,2-5H3,(H,22,28)(H,23,24);2-6H,7H2,1H3;2*1-2H3/b17-7+;8-6-;;. The number of ether oxygens (including phenoxy) is 1. The van der Waals surface area contributed by atoms with Crippen molar-refractivity contribution in [3.8, 4) is 0 Å². The lowest BCUT2D eigenvalue weighted by Crippen LogP contribution is -2.49. The van der Waals surface area contributed by atoms with E-state index in [1.165, 1.54) is 18.4 Å². The first-order chi connectivity index (χ1) is 21.3. The molecule has 3 rings (SSSR count). The molecule has 248 valence electrons. The van der Waals surface area contributed by atoms with Crippen molar-refractivity contribution in [2.24, 2.45) is 4.99 Å². The summed E-state index contributed by atoms with van der Waals surface area (Å²) in [6, 6.07) is 5.70. The number of nitrogens with one attached hydrogen (secondary N) is 2. The van der Waals surface area contributed by atoms with E-state index in [9.17, 15) is 4.79 Å². The third kappa shape index (κ3) is 16.1. The second-order valence-electron chi connectivity index (χ2n) is 9.71. The fraction of sp³-hybridized carbons (Fsp3) is 0.559. The lowest BCUT2D eigenvalue weighted by molar-refractivity contribution is -0.121. The number of halogens is 1. The fourth-order valence-corrected chi connectivity index (χ4v) is 4.41. The number of rotatable bonds is 12. The molecule has 1 aromatic rings. The highest BCUT2D eigenvalue weighted by Gasteiger charge is 2.24. The first kappa shape index (κ1) is 40.9. The Bertz CT molecular complexity index is 1060. The van der Waals surface area contributed by atoms with E-state index in [2.05, 4.69) is 34.1 Å². The van der Waals surface area contributed by atoms with Crippen LogP contribution in [0.15, 0.2) is 76.4 Å². The van der Waals surface area contributed by atoms with E-state index >= 15 is 0 Å². The second-order valence-corrected chi connectivity index (χ2v) is 9.93. The van der Waals surface area contributed by atoms with Crippen LogP contribution in [0.2, 0.25) is 0 Å². The van der Waals surface area contributed by atoms with Crippen molar-refractivity contribution in [2.45, 2.75) is 74.3 Å². The lowest BCUT2D eigenvalue weighted by Gasteiger charge is -2.35. The summed E-state index contributed by atoms with van der Waals surface area (Å²) in [5.74, 6) is 1.58. The summed E-state index contributed by atoms with van der Waals surface area (Å²) in [6.07, 6.45) is 8.80. The molecule has 1 amide bonds. The van der Waals surface area contributed by atoms with Crippen molar-refractivity contribution < 1.29 is 9.53 Å². The van der Waals surface area contributed by atoms with Gasteiger partial charge in [0.05, 0.1) is 24.5 Å². The molecule has 44 heavy (non-hydrogen) atoms. The van der Waals surface area contributed by atoms with Gasteiger partial charge in [0.25, 0.3) is 0 Å². The molecule has 0 atom stereocenters. The highest BCUT2D eigenvalue weighted by molar-refractivity contribution is 6.25. The van der Waals surface area contributed by atoms with E-state index in [1.807, 2.05) is 82.9 Å². The van der Waals surface area contributed by atoms with Gasteiger partial charge in [-0.05, 0) is 64.4 Å². The molecule has 0 bridgehead atoms. The number of hydrazine groups is 1. The predicted octanol–water partition coefficient (Wildman–Crippen LogP) is 6.48. The van der Waals surface area contributed by atoms with Crippen LogP contribution in [0.5, 0.6) is 0 Å². The van der Waals surface area contributed by atoms with Crippen molar-refractivity contribution in [3.05, 3.63) is 77.1 Å². The third-order valence-corrected chi connectivity index (χ3v) is 6.84. The molecule has 0 radical (unpaired) electrons. The van der Waals surface area contributed by atoms with Gasteiger partial charge in [-0.2, -0.15) is 0 Å². The number of carbonyl (C=O) groups is 1. The maximum Gasteiger partial charge on any atom is 0.239 e. The van der Waals surface area contributed by atoms with Gasteiger partial charge in [-0.1, -0.05) is 64.9 Å². The molecule has 0 saturated carbocycles. The van der Waals surface area contributed by atoms with Gasteiger partial charge in [-0.15, -0.1) is 0 Å². The number of hydrogen-bond donors (Lipinski definition) is 2. The van der Waals surface area contributed by atoms with E-state index in [4.69, 9.17) is 21.3 Å². The van der Waals surface area contributed by atoms with Gasteiger partial charge in [0.1, 0.15) is 18.2 Å². The number of amides is 1. The maximum atomic E-state index is 12.4. The van der Waals surface area contributed by atoms with Gasteiger partial charge >= 0.3 is 0 Å². The van der Waals surface area contributed by atoms with E-state index in [0.717, 1.165) is 61.1 Å². The summed E-state index contributed by atoms with van der Waals surface area (Å²) in [4.78, 5) is 25.7. The summed E-state index contributed by atoms with van der Waals surface area (Å²) in [5, 5.41) is 5.05. The minimum absolute atomic E-state index is 0.0598. The van der Waals surface area contributed by atoms with Crippen LogP contribution in [-0.2, 0) is 16.1 Å². The van der Waals surface area contributed by atoms with Crippen molar-refractivity contribution in [1.82, 2.24) is 30.5 Å². The summed E-state index contributed by atoms with van der Waals surface area (Å²) in [5.41, 5.74) is 8.71. The molecule has 2 aliphatic heterocycles. The second kappa shape index (κ2) is 25.2. The molecule has 10 heteroatoms. The smallest absolute Gasteiger partial charge is 0.239 e. The summed E-state index contributed by atoms with van der Waals surface area (Å²) in [6.45, 7) is 23.2. The Morgan fingerprint density at radius 1 is 1.25 bits per heavy atom. The molecule has 0 aromatic carbocycles. The Hall–Kier alpha value is -3.14. The number of likely N-dealkylation sites (N-methyl/N-ethyl adjacent to an activating group) is 2. The van der Waals surface area contributed by atoms with Gasteiger partial charge in [-0.3, -0.25) is 9.78 Å². The first-order valence-electron chi connectivity index (χ1n) is 15.9. The summed E-state index contributed by atoms with van der Waals surface area (Å²) < 4.78 is 5.24. The molecule has 1 fully saturated rings. The van der Waals surface area contributed by atoms with E-state index in [1.54, 1.807) is 19.2 Å². The van der Waals surface area contributed by atoms with Crippen LogP contribution < -0.4 is 10.7 Å². The molecule has 1 saturated heterocycles. The molecule has 0 aliphatic carbocycles. The first-order valence-corrected chi connectivity index (χ1v) is 16.3. The zero-order valence-corrected chi connectivity index (χ0v) is 29.5. The molecule has 2 aliphatic rings. The topological polar surface area (TPSA) is 85.3 Å². The molecular formula is C34H58ClN7O2. The number of hydrogen-bond acceptors (Lipinski definition) is 7. The van der Waals surface area contributed by atoms with E-state index < -0.39 is 0 Å². The molecular weight excluding hydrogens is 574 g/mol. The van der Waals surface area contributed by atoms with Crippen LogP contribution in [0.1, 0.15) is 73.4 Å². The highest BCUT2D eigenvalue weighted by atomic mass is 35.5. The van der Waals surface area contributed by atoms with Crippen LogP contribution in [0, 0.1) is 0 Å². The molecule has 0 unspecified atom stereocenters. The molecule has 2 N–H and O–H groups in total.